The lowest BCUT2D eigenvalue weighted by atomic mass is 10.1. The first-order valence-corrected chi connectivity index (χ1v) is 9.49. The van der Waals surface area contributed by atoms with Crippen molar-refractivity contribution in [2.45, 2.75) is 19.8 Å². The van der Waals surface area contributed by atoms with Gasteiger partial charge in [0.1, 0.15) is 11.6 Å². The van der Waals surface area contributed by atoms with Gasteiger partial charge < -0.3 is 10.1 Å². The van der Waals surface area contributed by atoms with E-state index in [4.69, 9.17) is 4.74 Å². The largest absolute Gasteiger partial charge is 0.497 e. The topological polar surface area (TPSA) is 56.1 Å². The van der Waals surface area contributed by atoms with E-state index in [-0.39, 0.29) is 5.91 Å². The van der Waals surface area contributed by atoms with Crippen molar-refractivity contribution in [3.63, 3.8) is 0 Å². The minimum absolute atomic E-state index is 0.0350. The van der Waals surface area contributed by atoms with Crippen molar-refractivity contribution in [3.05, 3.63) is 64.3 Å². The van der Waals surface area contributed by atoms with E-state index < -0.39 is 0 Å². The van der Waals surface area contributed by atoms with E-state index in [0.717, 1.165) is 38.4 Å². The zero-order valence-electron chi connectivity index (χ0n) is 15.6. The van der Waals surface area contributed by atoms with Crippen LogP contribution in [0.1, 0.15) is 17.7 Å². The smallest absolute Gasteiger partial charge is 0.225 e. The monoisotopic (exact) mass is 427 g/mol. The maximum atomic E-state index is 12.5. The van der Waals surface area contributed by atoms with E-state index in [9.17, 15) is 4.79 Å². The van der Waals surface area contributed by atoms with E-state index in [0.29, 0.717) is 12.8 Å². The number of benzene rings is 2. The predicted octanol–water partition coefficient (Wildman–Crippen LogP) is 4.74. The van der Waals surface area contributed by atoms with Gasteiger partial charge in [0.25, 0.3) is 0 Å². The number of aromatic nitrogens is 2. The molecule has 3 aromatic rings. The number of carbonyl (C=O) groups is 1. The Morgan fingerprint density at radius 2 is 1.81 bits per heavy atom. The number of methoxy groups -OCH3 is 1. The fourth-order valence-electron chi connectivity index (χ4n) is 3.01. The number of carbonyl (C=O) groups excluding carboxylic acids is 1. The fourth-order valence-corrected chi connectivity index (χ4v) is 3.27. The van der Waals surface area contributed by atoms with Gasteiger partial charge in [0.05, 0.1) is 12.8 Å². The molecule has 0 spiro atoms. The summed E-state index contributed by atoms with van der Waals surface area (Å²) in [4.78, 5) is 12.5. The highest BCUT2D eigenvalue weighted by Gasteiger charge is 2.17. The summed E-state index contributed by atoms with van der Waals surface area (Å²) in [7, 11) is 3.48. The molecular weight excluding hydrogens is 406 g/mol. The van der Waals surface area contributed by atoms with Crippen molar-refractivity contribution in [1.82, 2.24) is 9.78 Å². The Morgan fingerprint density at radius 3 is 2.44 bits per heavy atom. The van der Waals surface area contributed by atoms with Crippen LogP contribution >= 0.6 is 15.9 Å². The Balaban J connectivity index is 1.72. The minimum atomic E-state index is -0.0350. The second kappa shape index (κ2) is 8.39. The maximum absolute atomic E-state index is 12.5. The summed E-state index contributed by atoms with van der Waals surface area (Å²) in [6, 6.07) is 15.8. The number of hydrogen-bond acceptors (Lipinski definition) is 3. The highest BCUT2D eigenvalue weighted by Crippen LogP contribution is 2.32. The molecule has 0 atom stereocenters. The Kier molecular flexibility index (Phi) is 5.96. The number of anilines is 1. The van der Waals surface area contributed by atoms with Crippen molar-refractivity contribution in [2.75, 3.05) is 12.4 Å². The number of hydrogen-bond donors (Lipinski definition) is 1. The molecule has 0 aliphatic heterocycles. The third kappa shape index (κ3) is 4.57. The lowest BCUT2D eigenvalue weighted by Crippen LogP contribution is -2.15. The molecule has 0 aliphatic rings. The van der Waals surface area contributed by atoms with E-state index in [2.05, 4.69) is 26.3 Å². The molecule has 0 radical (unpaired) electrons. The predicted molar refractivity (Wildman–Crippen MR) is 111 cm³/mol. The first kappa shape index (κ1) is 19.2. The van der Waals surface area contributed by atoms with Gasteiger partial charge in [-0.2, -0.15) is 5.10 Å². The average Bonchev–Trinajstić information content (AvgIpc) is 2.94. The number of halogens is 1. The molecule has 1 heterocycles. The van der Waals surface area contributed by atoms with Gasteiger partial charge in [-0.15, -0.1) is 0 Å². The maximum Gasteiger partial charge on any atom is 0.225 e. The zero-order chi connectivity index (χ0) is 19.4. The second-order valence-corrected chi connectivity index (χ2v) is 7.25. The van der Waals surface area contributed by atoms with Gasteiger partial charge in [0.15, 0.2) is 0 Å². The molecule has 0 aliphatic carbocycles. The summed E-state index contributed by atoms with van der Waals surface area (Å²) in [5, 5.41) is 7.51. The summed E-state index contributed by atoms with van der Waals surface area (Å²) >= 11 is 3.45. The van der Waals surface area contributed by atoms with Gasteiger partial charge in [-0.05, 0) is 48.7 Å². The molecule has 0 fully saturated rings. The molecule has 140 valence electrons. The van der Waals surface area contributed by atoms with E-state index >= 15 is 0 Å². The van der Waals surface area contributed by atoms with Crippen LogP contribution in [-0.4, -0.2) is 22.8 Å². The Labute approximate surface area is 167 Å². The number of ether oxygens (including phenoxy) is 1. The van der Waals surface area contributed by atoms with Crippen LogP contribution in [0.25, 0.3) is 11.1 Å². The normalized spacial score (nSPS) is 10.7. The van der Waals surface area contributed by atoms with Gasteiger partial charge in [-0.3, -0.25) is 9.48 Å². The SMILES string of the molecule is COc1ccc(CCC(=O)Nc2c(-c3ccc(Br)cc3)c(C)nn2C)cc1. The van der Waals surface area contributed by atoms with E-state index in [1.807, 2.05) is 62.5 Å². The number of nitrogens with zero attached hydrogens (tertiary/aromatic N) is 2. The standard InChI is InChI=1S/C21H22BrN3O2/c1-14-20(16-7-9-17(22)10-8-16)21(25(2)24-14)23-19(26)13-6-15-4-11-18(27-3)12-5-15/h4-5,7-12H,6,13H2,1-3H3,(H,23,26). The molecule has 6 heteroatoms. The number of nitrogens with one attached hydrogen (secondary N) is 1. The minimum Gasteiger partial charge on any atom is -0.497 e. The van der Waals surface area contributed by atoms with Gasteiger partial charge in [0, 0.05) is 23.5 Å². The molecular formula is C21H22BrN3O2. The Morgan fingerprint density at radius 1 is 1.15 bits per heavy atom. The summed E-state index contributed by atoms with van der Waals surface area (Å²) in [6.45, 7) is 1.95. The van der Waals surface area contributed by atoms with Gasteiger partial charge in [-0.1, -0.05) is 40.2 Å². The first-order chi connectivity index (χ1) is 13.0. The zero-order valence-corrected chi connectivity index (χ0v) is 17.2. The van der Waals surface area contributed by atoms with Crippen molar-refractivity contribution in [2.24, 2.45) is 7.05 Å². The lowest BCUT2D eigenvalue weighted by molar-refractivity contribution is -0.116. The number of aryl methyl sites for hydroxylation is 3. The van der Waals surface area contributed by atoms with Gasteiger partial charge in [-0.25, -0.2) is 0 Å². The summed E-state index contributed by atoms with van der Waals surface area (Å²) in [5.74, 6) is 1.49. The van der Waals surface area contributed by atoms with Gasteiger partial charge >= 0.3 is 0 Å². The molecule has 0 unspecified atom stereocenters. The van der Waals surface area contributed by atoms with Crippen LogP contribution in [0.3, 0.4) is 0 Å². The molecule has 0 saturated heterocycles. The molecule has 1 N–H and O–H groups in total. The van der Waals surface area contributed by atoms with Crippen LogP contribution in [0.2, 0.25) is 0 Å². The van der Waals surface area contributed by atoms with Crippen LogP contribution in [0, 0.1) is 6.92 Å². The third-order valence-electron chi connectivity index (χ3n) is 4.41. The Bertz CT molecular complexity index is 931. The first-order valence-electron chi connectivity index (χ1n) is 8.70. The van der Waals surface area contributed by atoms with Gasteiger partial charge in [0.2, 0.25) is 5.91 Å². The van der Waals surface area contributed by atoms with Crippen molar-refractivity contribution >= 4 is 27.7 Å². The molecule has 1 amide bonds. The quantitative estimate of drug-likeness (QED) is 0.617. The Hall–Kier alpha value is -2.60. The van der Waals surface area contributed by atoms with Crippen LogP contribution in [0.15, 0.2) is 53.0 Å². The molecule has 2 aromatic carbocycles. The molecule has 27 heavy (non-hydrogen) atoms. The van der Waals surface area contributed by atoms with Crippen LogP contribution in [-0.2, 0) is 18.3 Å². The van der Waals surface area contributed by atoms with Crippen LogP contribution < -0.4 is 10.1 Å². The molecule has 1 aromatic heterocycles. The summed E-state index contributed by atoms with van der Waals surface area (Å²) in [6.07, 6.45) is 1.07. The third-order valence-corrected chi connectivity index (χ3v) is 4.94. The average molecular weight is 428 g/mol. The van der Waals surface area contributed by atoms with Crippen molar-refractivity contribution in [1.29, 1.82) is 0 Å². The van der Waals surface area contributed by atoms with Crippen molar-refractivity contribution in [3.8, 4) is 16.9 Å². The lowest BCUT2D eigenvalue weighted by Gasteiger charge is -2.10. The number of rotatable bonds is 6. The molecule has 5 nitrogen and oxygen atoms in total. The summed E-state index contributed by atoms with van der Waals surface area (Å²) < 4.78 is 7.89. The number of amides is 1. The fraction of sp³-hybridized carbons (Fsp3) is 0.238. The highest BCUT2D eigenvalue weighted by atomic mass is 79.9. The highest BCUT2D eigenvalue weighted by molar-refractivity contribution is 9.10. The second-order valence-electron chi connectivity index (χ2n) is 6.34. The summed E-state index contributed by atoms with van der Waals surface area (Å²) in [5.41, 5.74) is 3.95. The molecule has 3 rings (SSSR count). The van der Waals surface area contributed by atoms with Crippen molar-refractivity contribution < 1.29 is 9.53 Å². The van der Waals surface area contributed by atoms with E-state index in [1.54, 1.807) is 11.8 Å². The van der Waals surface area contributed by atoms with E-state index in [1.165, 1.54) is 0 Å². The van der Waals surface area contributed by atoms with Crippen LogP contribution in [0.4, 0.5) is 5.82 Å². The molecule has 0 saturated carbocycles. The van der Waals surface area contributed by atoms with Crippen LogP contribution in [0.5, 0.6) is 5.75 Å². The molecule has 0 bridgehead atoms.